The molecule has 1 fully saturated rings. The molecule has 38 heavy (non-hydrogen) atoms. The van der Waals surface area contributed by atoms with Gasteiger partial charge in [0.2, 0.25) is 21.8 Å². The lowest BCUT2D eigenvalue weighted by Gasteiger charge is -2.29. The molecule has 2 aromatic rings. The summed E-state index contributed by atoms with van der Waals surface area (Å²) in [6.45, 7) is 8.20. The highest BCUT2D eigenvalue weighted by molar-refractivity contribution is 7.89. The van der Waals surface area contributed by atoms with Gasteiger partial charge >= 0.3 is 0 Å². The van der Waals surface area contributed by atoms with Crippen LogP contribution in [0.1, 0.15) is 57.6 Å². The molecule has 2 aromatic carbocycles. The third-order valence-electron chi connectivity index (χ3n) is 6.69. The fourth-order valence-corrected chi connectivity index (χ4v) is 5.93. The number of rotatable bonds is 14. The van der Waals surface area contributed by atoms with Crippen LogP contribution in [-0.4, -0.2) is 67.8 Å². The second-order valence-corrected chi connectivity index (χ2v) is 11.9. The first kappa shape index (κ1) is 29.8. The van der Waals surface area contributed by atoms with Gasteiger partial charge in [-0.15, -0.1) is 0 Å². The van der Waals surface area contributed by atoms with E-state index in [1.165, 1.54) is 4.31 Å². The van der Waals surface area contributed by atoms with E-state index in [4.69, 9.17) is 4.74 Å². The molecule has 0 radical (unpaired) electrons. The lowest BCUT2D eigenvalue weighted by molar-refractivity contribution is -0.140. The Morgan fingerprint density at radius 3 is 2.26 bits per heavy atom. The maximum Gasteiger partial charge on any atom is 0.243 e. The van der Waals surface area contributed by atoms with Crippen LogP contribution in [0.3, 0.4) is 0 Å². The van der Waals surface area contributed by atoms with Crippen LogP contribution in [0.25, 0.3) is 0 Å². The lowest BCUT2D eigenvalue weighted by Crippen LogP contribution is -2.48. The maximum atomic E-state index is 13.3. The van der Waals surface area contributed by atoms with Gasteiger partial charge in [0.15, 0.2) is 0 Å². The smallest absolute Gasteiger partial charge is 0.243 e. The van der Waals surface area contributed by atoms with Crippen LogP contribution in [0.2, 0.25) is 0 Å². The zero-order valence-electron chi connectivity index (χ0n) is 22.8. The molecule has 1 aliphatic heterocycles. The standard InChI is InChI=1S/C29H41N3O5S/c1-23(2)37-21-9-18-30-29(34)24(3)32(22-26-10-5-4-6-11-26)28(33)17-14-25-12-15-27(16-13-25)38(35,36)31-19-7-8-20-31/h4-6,10-13,15-16,23-24H,7-9,14,17-22H2,1-3H3,(H,30,34). The van der Waals surface area contributed by atoms with Crippen LogP contribution in [-0.2, 0) is 37.3 Å². The summed E-state index contributed by atoms with van der Waals surface area (Å²) in [4.78, 5) is 28.1. The summed E-state index contributed by atoms with van der Waals surface area (Å²) in [7, 11) is -3.47. The van der Waals surface area contributed by atoms with Crippen LogP contribution >= 0.6 is 0 Å². The number of nitrogens with zero attached hydrogens (tertiary/aromatic N) is 2. The van der Waals surface area contributed by atoms with E-state index in [2.05, 4.69) is 5.32 Å². The fourth-order valence-electron chi connectivity index (χ4n) is 4.41. The van der Waals surface area contributed by atoms with Crippen LogP contribution in [0.4, 0.5) is 0 Å². The molecule has 1 heterocycles. The van der Waals surface area contributed by atoms with Crippen molar-refractivity contribution in [1.82, 2.24) is 14.5 Å². The van der Waals surface area contributed by atoms with E-state index in [9.17, 15) is 18.0 Å². The van der Waals surface area contributed by atoms with E-state index in [1.807, 2.05) is 44.2 Å². The normalized spacial score (nSPS) is 14.9. The molecule has 1 aliphatic rings. The molecule has 1 unspecified atom stereocenters. The molecule has 0 saturated carbocycles. The van der Waals surface area contributed by atoms with Gasteiger partial charge in [0.1, 0.15) is 6.04 Å². The summed E-state index contributed by atoms with van der Waals surface area (Å²) in [5, 5.41) is 2.92. The molecular formula is C29H41N3O5S. The van der Waals surface area contributed by atoms with Gasteiger partial charge in [0.05, 0.1) is 11.0 Å². The first-order valence-corrected chi connectivity index (χ1v) is 14.9. The highest BCUT2D eigenvalue weighted by atomic mass is 32.2. The van der Waals surface area contributed by atoms with Gasteiger partial charge in [0, 0.05) is 39.2 Å². The largest absolute Gasteiger partial charge is 0.379 e. The Labute approximate surface area is 227 Å². The van der Waals surface area contributed by atoms with Crippen LogP contribution in [0.15, 0.2) is 59.5 Å². The third-order valence-corrected chi connectivity index (χ3v) is 8.60. The van der Waals surface area contributed by atoms with Crippen molar-refractivity contribution in [2.24, 2.45) is 0 Å². The molecule has 0 aliphatic carbocycles. The van der Waals surface area contributed by atoms with Crippen molar-refractivity contribution >= 4 is 21.8 Å². The van der Waals surface area contributed by atoms with Gasteiger partial charge in [-0.25, -0.2) is 8.42 Å². The molecule has 3 rings (SSSR count). The minimum atomic E-state index is -3.47. The zero-order valence-corrected chi connectivity index (χ0v) is 23.6. The number of amides is 2. The Bertz CT molecular complexity index is 1130. The van der Waals surface area contributed by atoms with Crippen molar-refractivity contribution < 1.29 is 22.7 Å². The van der Waals surface area contributed by atoms with Gasteiger partial charge in [-0.2, -0.15) is 4.31 Å². The SMILES string of the molecule is CC(C)OCCCNC(=O)C(C)N(Cc1ccccc1)C(=O)CCc1ccc(S(=O)(=O)N2CCCC2)cc1. The van der Waals surface area contributed by atoms with E-state index in [0.717, 1.165) is 24.0 Å². The number of benzene rings is 2. The van der Waals surface area contributed by atoms with E-state index >= 15 is 0 Å². The summed E-state index contributed by atoms with van der Waals surface area (Å²) in [5.74, 6) is -0.330. The maximum absolute atomic E-state index is 13.3. The topological polar surface area (TPSA) is 96.0 Å². The zero-order chi connectivity index (χ0) is 27.5. The first-order valence-electron chi connectivity index (χ1n) is 13.5. The average Bonchev–Trinajstić information content (AvgIpc) is 3.46. The second-order valence-electron chi connectivity index (χ2n) is 10.0. The van der Waals surface area contributed by atoms with E-state index in [1.54, 1.807) is 36.1 Å². The van der Waals surface area contributed by atoms with Gasteiger partial charge in [-0.1, -0.05) is 42.5 Å². The Kier molecular flexibility index (Phi) is 11.3. The minimum Gasteiger partial charge on any atom is -0.379 e. The predicted molar refractivity (Wildman–Crippen MR) is 148 cm³/mol. The molecule has 0 spiro atoms. The van der Waals surface area contributed by atoms with Crippen LogP contribution in [0.5, 0.6) is 0 Å². The van der Waals surface area contributed by atoms with E-state index in [-0.39, 0.29) is 29.2 Å². The molecule has 2 amide bonds. The van der Waals surface area contributed by atoms with Crippen molar-refractivity contribution in [2.45, 2.75) is 76.5 Å². The number of carbonyl (C=O) groups is 2. The minimum absolute atomic E-state index is 0.131. The fraction of sp³-hybridized carbons (Fsp3) is 0.517. The van der Waals surface area contributed by atoms with Crippen molar-refractivity contribution in [2.75, 3.05) is 26.2 Å². The Balaban J connectivity index is 1.61. The van der Waals surface area contributed by atoms with Crippen LogP contribution in [0, 0.1) is 0 Å². The Morgan fingerprint density at radius 1 is 0.974 bits per heavy atom. The van der Waals surface area contributed by atoms with Crippen molar-refractivity contribution in [3.8, 4) is 0 Å². The number of aryl methyl sites for hydroxylation is 1. The van der Waals surface area contributed by atoms with Crippen molar-refractivity contribution in [3.63, 3.8) is 0 Å². The molecule has 0 bridgehead atoms. The molecule has 8 nitrogen and oxygen atoms in total. The molecule has 1 N–H and O–H groups in total. The predicted octanol–water partition coefficient (Wildman–Crippen LogP) is 3.75. The monoisotopic (exact) mass is 543 g/mol. The molecule has 1 saturated heterocycles. The van der Waals surface area contributed by atoms with Crippen LogP contribution < -0.4 is 5.32 Å². The Morgan fingerprint density at radius 2 is 1.63 bits per heavy atom. The molecule has 1 atom stereocenters. The number of hydrogen-bond donors (Lipinski definition) is 1. The van der Waals surface area contributed by atoms with Crippen molar-refractivity contribution in [3.05, 3.63) is 65.7 Å². The summed E-state index contributed by atoms with van der Waals surface area (Å²) >= 11 is 0. The highest BCUT2D eigenvalue weighted by Crippen LogP contribution is 2.21. The number of ether oxygens (including phenoxy) is 1. The number of hydrogen-bond acceptors (Lipinski definition) is 5. The summed E-state index contributed by atoms with van der Waals surface area (Å²) in [6.07, 6.45) is 3.30. The molecular weight excluding hydrogens is 502 g/mol. The second kappa shape index (κ2) is 14.4. The molecule has 9 heteroatoms. The average molecular weight is 544 g/mol. The lowest BCUT2D eigenvalue weighted by atomic mass is 10.1. The number of nitrogens with one attached hydrogen (secondary N) is 1. The summed E-state index contributed by atoms with van der Waals surface area (Å²) < 4.78 is 32.6. The van der Waals surface area contributed by atoms with Crippen molar-refractivity contribution in [1.29, 1.82) is 0 Å². The van der Waals surface area contributed by atoms with Gasteiger partial charge in [-0.05, 0) is 69.7 Å². The summed E-state index contributed by atoms with van der Waals surface area (Å²) in [6, 6.07) is 15.8. The van der Waals surface area contributed by atoms with E-state index < -0.39 is 16.1 Å². The number of sulfonamides is 1. The Hall–Kier alpha value is -2.75. The van der Waals surface area contributed by atoms with Gasteiger partial charge in [0.25, 0.3) is 0 Å². The van der Waals surface area contributed by atoms with Gasteiger partial charge in [-0.3, -0.25) is 9.59 Å². The number of carbonyl (C=O) groups excluding carboxylic acids is 2. The summed E-state index contributed by atoms with van der Waals surface area (Å²) in [5.41, 5.74) is 1.82. The van der Waals surface area contributed by atoms with E-state index in [0.29, 0.717) is 45.6 Å². The quantitative estimate of drug-likeness (QED) is 0.366. The molecule has 208 valence electrons. The highest BCUT2D eigenvalue weighted by Gasteiger charge is 2.28. The molecule has 0 aromatic heterocycles. The van der Waals surface area contributed by atoms with Gasteiger partial charge < -0.3 is 15.0 Å². The first-order chi connectivity index (χ1) is 18.2. The third kappa shape index (κ3) is 8.64.